The third-order valence-electron chi connectivity index (χ3n) is 5.10. The van der Waals surface area contributed by atoms with Crippen molar-refractivity contribution in [3.8, 4) is 0 Å². The van der Waals surface area contributed by atoms with Gasteiger partial charge in [0.05, 0.1) is 12.5 Å². The quantitative estimate of drug-likeness (QED) is 0.155. The maximum atomic E-state index is 12.9. The first-order valence-corrected chi connectivity index (χ1v) is 11.8. The monoisotopic (exact) mass is 489 g/mol. The minimum Gasteiger partial charge on any atom is -0.481 e. The number of primary amides is 1. The Balaban J connectivity index is 2.95. The SMILES string of the molecule is CSCCC(NC(=O)C(N)CCC(N)=O)C(=O)NC(CC(=O)O)C(=O)N1CCCC1C(=O)O. The fourth-order valence-electron chi connectivity index (χ4n) is 3.35. The lowest BCUT2D eigenvalue weighted by molar-refractivity contribution is -0.150. The van der Waals surface area contributed by atoms with Crippen LogP contribution < -0.4 is 22.1 Å². The molecule has 0 bridgehead atoms. The zero-order valence-corrected chi connectivity index (χ0v) is 19.1. The summed E-state index contributed by atoms with van der Waals surface area (Å²) in [6.45, 7) is 0.128. The molecule has 4 atom stereocenters. The van der Waals surface area contributed by atoms with Gasteiger partial charge in [-0.3, -0.25) is 24.0 Å². The van der Waals surface area contributed by atoms with Gasteiger partial charge in [0.25, 0.3) is 0 Å². The number of amides is 4. The lowest BCUT2D eigenvalue weighted by Crippen LogP contribution is -2.57. The van der Waals surface area contributed by atoms with Crippen LogP contribution in [0.2, 0.25) is 0 Å². The van der Waals surface area contributed by atoms with Crippen molar-refractivity contribution < 1.29 is 39.0 Å². The maximum absolute atomic E-state index is 12.9. The molecule has 0 radical (unpaired) electrons. The second kappa shape index (κ2) is 13.6. The van der Waals surface area contributed by atoms with Crippen molar-refractivity contribution in [3.63, 3.8) is 0 Å². The number of carbonyl (C=O) groups excluding carboxylic acids is 4. The third kappa shape index (κ3) is 9.26. The van der Waals surface area contributed by atoms with Gasteiger partial charge in [0.15, 0.2) is 0 Å². The first-order valence-electron chi connectivity index (χ1n) is 10.4. The van der Waals surface area contributed by atoms with E-state index in [-0.39, 0.29) is 32.2 Å². The number of hydrogen-bond acceptors (Lipinski definition) is 8. The van der Waals surface area contributed by atoms with Crippen molar-refractivity contribution in [2.75, 3.05) is 18.6 Å². The molecule has 4 amide bonds. The zero-order chi connectivity index (χ0) is 25.1. The molecule has 0 aromatic rings. The molecular formula is C19H31N5O8S. The van der Waals surface area contributed by atoms with Gasteiger partial charge in [-0.2, -0.15) is 11.8 Å². The molecule has 33 heavy (non-hydrogen) atoms. The normalized spacial score (nSPS) is 18.1. The molecule has 0 aromatic heterocycles. The molecular weight excluding hydrogens is 458 g/mol. The minimum atomic E-state index is -1.51. The number of carboxylic acids is 2. The fourth-order valence-corrected chi connectivity index (χ4v) is 3.82. The van der Waals surface area contributed by atoms with Crippen LogP contribution in [0.3, 0.4) is 0 Å². The first-order chi connectivity index (χ1) is 15.5. The number of carbonyl (C=O) groups is 6. The summed E-state index contributed by atoms with van der Waals surface area (Å²) in [5.74, 6) is -5.07. The molecule has 1 aliphatic heterocycles. The second-order valence-electron chi connectivity index (χ2n) is 7.64. The summed E-state index contributed by atoms with van der Waals surface area (Å²) in [5, 5.41) is 23.3. The highest BCUT2D eigenvalue weighted by Crippen LogP contribution is 2.19. The number of aliphatic carboxylic acids is 2. The Hall–Kier alpha value is -2.87. The molecule has 0 aromatic carbocycles. The minimum absolute atomic E-state index is 0.0241. The van der Waals surface area contributed by atoms with Crippen LogP contribution in [0.4, 0.5) is 0 Å². The number of rotatable bonds is 14. The molecule has 0 aliphatic carbocycles. The van der Waals surface area contributed by atoms with Crippen molar-refractivity contribution in [3.05, 3.63) is 0 Å². The highest BCUT2D eigenvalue weighted by atomic mass is 32.2. The third-order valence-corrected chi connectivity index (χ3v) is 5.74. The van der Waals surface area contributed by atoms with Gasteiger partial charge >= 0.3 is 11.9 Å². The van der Waals surface area contributed by atoms with Gasteiger partial charge in [-0.25, -0.2) is 4.79 Å². The molecule has 14 heteroatoms. The van der Waals surface area contributed by atoms with E-state index in [1.54, 1.807) is 6.26 Å². The summed E-state index contributed by atoms with van der Waals surface area (Å²) in [6.07, 6.45) is 1.71. The molecule has 1 aliphatic rings. The molecule has 13 nitrogen and oxygen atoms in total. The van der Waals surface area contributed by atoms with Gasteiger partial charge in [-0.1, -0.05) is 0 Å². The average molecular weight is 490 g/mol. The predicted molar refractivity (Wildman–Crippen MR) is 118 cm³/mol. The topological polar surface area (TPSA) is 222 Å². The molecule has 0 spiro atoms. The molecule has 8 N–H and O–H groups in total. The number of carboxylic acid groups (broad SMARTS) is 2. The van der Waals surface area contributed by atoms with Crippen LogP contribution in [-0.2, 0) is 28.8 Å². The van der Waals surface area contributed by atoms with E-state index in [0.717, 1.165) is 4.90 Å². The Labute approximate surface area is 195 Å². The van der Waals surface area contributed by atoms with Crippen molar-refractivity contribution in [2.24, 2.45) is 11.5 Å². The fraction of sp³-hybridized carbons (Fsp3) is 0.684. The number of nitrogens with two attached hydrogens (primary N) is 2. The van der Waals surface area contributed by atoms with Crippen LogP contribution in [0.25, 0.3) is 0 Å². The van der Waals surface area contributed by atoms with Crippen LogP contribution in [0, 0.1) is 0 Å². The van der Waals surface area contributed by atoms with E-state index in [1.807, 2.05) is 0 Å². The number of hydrogen-bond donors (Lipinski definition) is 6. The van der Waals surface area contributed by atoms with Crippen LogP contribution in [0.5, 0.6) is 0 Å². The Morgan fingerprint density at radius 3 is 2.24 bits per heavy atom. The first kappa shape index (κ1) is 28.2. The summed E-state index contributed by atoms with van der Waals surface area (Å²) >= 11 is 1.40. The standard InChI is InChI=1S/C19H31N5O8S/c1-33-8-6-11(22-16(28)10(20)4-5-14(21)25)17(29)23-12(9-15(26)27)18(30)24-7-2-3-13(24)19(31)32/h10-13H,2-9,20H2,1H3,(H2,21,25)(H,22,28)(H,23,29)(H,26,27)(H,31,32). The zero-order valence-electron chi connectivity index (χ0n) is 18.3. The molecule has 0 saturated carbocycles. The van der Waals surface area contributed by atoms with E-state index >= 15 is 0 Å². The highest BCUT2D eigenvalue weighted by molar-refractivity contribution is 7.98. The average Bonchev–Trinajstić information content (AvgIpc) is 3.23. The molecule has 4 unspecified atom stereocenters. The highest BCUT2D eigenvalue weighted by Gasteiger charge is 2.39. The van der Waals surface area contributed by atoms with E-state index in [9.17, 15) is 39.0 Å². The van der Waals surface area contributed by atoms with Crippen LogP contribution in [0.1, 0.15) is 38.5 Å². The molecule has 1 rings (SSSR count). The van der Waals surface area contributed by atoms with Gasteiger partial charge in [0.2, 0.25) is 23.6 Å². The largest absolute Gasteiger partial charge is 0.481 e. The van der Waals surface area contributed by atoms with Gasteiger partial charge < -0.3 is 37.2 Å². The summed E-state index contributed by atoms with van der Waals surface area (Å²) in [4.78, 5) is 72.7. The molecule has 1 saturated heterocycles. The van der Waals surface area contributed by atoms with Gasteiger partial charge in [0, 0.05) is 13.0 Å². The lowest BCUT2D eigenvalue weighted by atomic mass is 10.1. The van der Waals surface area contributed by atoms with Crippen LogP contribution in [0.15, 0.2) is 0 Å². The summed E-state index contributed by atoms with van der Waals surface area (Å²) in [7, 11) is 0. The molecule has 186 valence electrons. The number of likely N-dealkylation sites (tertiary alicyclic amines) is 1. The second-order valence-corrected chi connectivity index (χ2v) is 8.63. The lowest BCUT2D eigenvalue weighted by Gasteiger charge is -2.28. The van der Waals surface area contributed by atoms with Crippen molar-refractivity contribution >= 4 is 47.3 Å². The van der Waals surface area contributed by atoms with Gasteiger partial charge in [-0.05, 0) is 37.7 Å². The summed E-state index contributed by atoms with van der Waals surface area (Å²) < 4.78 is 0. The van der Waals surface area contributed by atoms with Crippen molar-refractivity contribution in [1.29, 1.82) is 0 Å². The number of nitrogens with zero attached hydrogens (tertiary/aromatic N) is 1. The van der Waals surface area contributed by atoms with Crippen LogP contribution in [-0.4, -0.2) is 93.4 Å². The van der Waals surface area contributed by atoms with Crippen LogP contribution >= 0.6 is 11.8 Å². The van der Waals surface area contributed by atoms with E-state index in [4.69, 9.17) is 11.5 Å². The van der Waals surface area contributed by atoms with E-state index in [0.29, 0.717) is 12.2 Å². The van der Waals surface area contributed by atoms with E-state index < -0.39 is 66.2 Å². The van der Waals surface area contributed by atoms with Crippen molar-refractivity contribution in [2.45, 2.75) is 62.7 Å². The Morgan fingerprint density at radius 1 is 1.06 bits per heavy atom. The summed E-state index contributed by atoms with van der Waals surface area (Å²) in [6, 6.07) is -4.82. The predicted octanol–water partition coefficient (Wildman–Crippen LogP) is -2.15. The van der Waals surface area contributed by atoms with Crippen molar-refractivity contribution in [1.82, 2.24) is 15.5 Å². The maximum Gasteiger partial charge on any atom is 0.326 e. The van der Waals surface area contributed by atoms with E-state index in [2.05, 4.69) is 10.6 Å². The Morgan fingerprint density at radius 2 is 1.70 bits per heavy atom. The smallest absolute Gasteiger partial charge is 0.326 e. The number of thioether (sulfide) groups is 1. The van der Waals surface area contributed by atoms with Gasteiger partial charge in [-0.15, -0.1) is 0 Å². The molecule has 1 fully saturated rings. The van der Waals surface area contributed by atoms with E-state index in [1.165, 1.54) is 11.8 Å². The number of nitrogens with one attached hydrogen (secondary N) is 2. The van der Waals surface area contributed by atoms with Gasteiger partial charge in [0.1, 0.15) is 18.1 Å². The summed E-state index contributed by atoms with van der Waals surface area (Å²) in [5.41, 5.74) is 10.8. The molecule has 1 heterocycles. The Kier molecular flexibility index (Phi) is 11.6. The Bertz CT molecular complexity index is 764.